The number of thioether (sulfide) groups is 1. The van der Waals surface area contributed by atoms with Crippen molar-refractivity contribution in [3.8, 4) is 0 Å². The molecule has 0 unspecified atom stereocenters. The van der Waals surface area contributed by atoms with E-state index in [1.54, 1.807) is 11.8 Å². The molecule has 0 spiro atoms. The first-order valence-electron chi connectivity index (χ1n) is 13.5. The van der Waals surface area contributed by atoms with E-state index in [0.717, 1.165) is 66.7 Å². The minimum absolute atomic E-state index is 0.133. The highest BCUT2D eigenvalue weighted by atomic mass is 32.2. The van der Waals surface area contributed by atoms with Crippen LogP contribution in [0, 0.1) is 30.1 Å². The summed E-state index contributed by atoms with van der Waals surface area (Å²) >= 11 is 1.72. The second kappa shape index (κ2) is 10.0. The molecule has 0 aliphatic heterocycles. The van der Waals surface area contributed by atoms with Gasteiger partial charge in [-0.1, -0.05) is 71.9 Å². The van der Waals surface area contributed by atoms with Crippen molar-refractivity contribution in [1.82, 2.24) is 20.1 Å². The monoisotopic (exact) mass is 500 g/mol. The molecule has 4 saturated carbocycles. The molecule has 0 radical (unpaired) electrons. The molecule has 188 valence electrons. The number of amides is 1. The van der Waals surface area contributed by atoms with Gasteiger partial charge in [0.25, 0.3) is 0 Å². The van der Waals surface area contributed by atoms with Crippen LogP contribution >= 0.6 is 11.8 Å². The lowest BCUT2D eigenvalue weighted by atomic mass is 9.49. The first-order valence-corrected chi connectivity index (χ1v) is 14.5. The minimum atomic E-state index is -0.133. The summed E-state index contributed by atoms with van der Waals surface area (Å²) < 4.78 is 2.22. The summed E-state index contributed by atoms with van der Waals surface area (Å²) in [5.41, 5.74) is 3.72. The van der Waals surface area contributed by atoms with E-state index < -0.39 is 0 Å². The summed E-state index contributed by atoms with van der Waals surface area (Å²) in [5.74, 6) is 4.26. The topological polar surface area (TPSA) is 59.8 Å². The van der Waals surface area contributed by atoms with Crippen LogP contribution in [-0.2, 0) is 30.1 Å². The molecule has 5 nitrogen and oxygen atoms in total. The number of aryl methyl sites for hydroxylation is 2. The van der Waals surface area contributed by atoms with Crippen molar-refractivity contribution >= 4 is 17.7 Å². The van der Waals surface area contributed by atoms with E-state index in [4.69, 9.17) is 0 Å². The molecule has 7 rings (SSSR count). The SMILES string of the molecule is Cc1cccc(CSc2nnc(CNC(=O)C34CC5CC(CC(C5)C3)C4)n2CCc2ccccc2)c1. The number of benzene rings is 2. The van der Waals surface area contributed by atoms with Crippen LogP contribution in [0.3, 0.4) is 0 Å². The number of carbonyl (C=O) groups excluding carboxylic acids is 1. The predicted octanol–water partition coefficient (Wildman–Crippen LogP) is 5.95. The van der Waals surface area contributed by atoms with Gasteiger partial charge in [-0.05, 0) is 80.8 Å². The van der Waals surface area contributed by atoms with Crippen molar-refractivity contribution in [1.29, 1.82) is 0 Å². The first kappa shape index (κ1) is 23.8. The third kappa shape index (κ3) is 4.97. The summed E-state index contributed by atoms with van der Waals surface area (Å²) in [6, 6.07) is 19.2. The number of nitrogens with one attached hydrogen (secondary N) is 1. The van der Waals surface area contributed by atoms with Gasteiger partial charge in [0.05, 0.1) is 6.54 Å². The molecule has 4 fully saturated rings. The summed E-state index contributed by atoms with van der Waals surface area (Å²) in [5, 5.41) is 13.4. The Bertz CT molecular complexity index is 1190. The average Bonchev–Trinajstić information content (AvgIpc) is 3.26. The fraction of sp³-hybridized carbons (Fsp3) is 0.500. The fourth-order valence-corrected chi connectivity index (χ4v) is 8.28. The molecular weight excluding hydrogens is 464 g/mol. The molecule has 0 saturated heterocycles. The zero-order chi connectivity index (χ0) is 24.5. The van der Waals surface area contributed by atoms with Crippen LogP contribution in [0.4, 0.5) is 0 Å². The maximum absolute atomic E-state index is 13.5. The third-order valence-corrected chi connectivity index (χ3v) is 9.68. The van der Waals surface area contributed by atoms with E-state index in [2.05, 4.69) is 81.6 Å². The highest BCUT2D eigenvalue weighted by Gasteiger charge is 2.54. The molecule has 1 aromatic heterocycles. The van der Waals surface area contributed by atoms with Crippen LogP contribution < -0.4 is 5.32 Å². The van der Waals surface area contributed by atoms with Crippen LogP contribution in [0.1, 0.15) is 61.0 Å². The van der Waals surface area contributed by atoms with Crippen LogP contribution in [0.5, 0.6) is 0 Å². The van der Waals surface area contributed by atoms with Gasteiger partial charge in [-0.2, -0.15) is 0 Å². The van der Waals surface area contributed by atoms with Crippen molar-refractivity contribution in [2.75, 3.05) is 0 Å². The molecule has 1 amide bonds. The fourth-order valence-electron chi connectivity index (χ4n) is 7.35. The molecule has 1 heterocycles. The molecule has 1 N–H and O–H groups in total. The zero-order valence-electron chi connectivity index (χ0n) is 21.2. The lowest BCUT2D eigenvalue weighted by molar-refractivity contribution is -0.146. The highest BCUT2D eigenvalue weighted by Crippen LogP contribution is 2.60. The van der Waals surface area contributed by atoms with Gasteiger partial charge >= 0.3 is 0 Å². The van der Waals surface area contributed by atoms with Crippen molar-refractivity contribution < 1.29 is 4.79 Å². The quantitative estimate of drug-likeness (QED) is 0.369. The molecule has 4 bridgehead atoms. The van der Waals surface area contributed by atoms with Gasteiger partial charge in [0.15, 0.2) is 11.0 Å². The Morgan fingerprint density at radius 3 is 2.36 bits per heavy atom. The van der Waals surface area contributed by atoms with Crippen LogP contribution in [0.25, 0.3) is 0 Å². The van der Waals surface area contributed by atoms with Gasteiger partial charge in [0.1, 0.15) is 0 Å². The molecule has 6 heteroatoms. The standard InChI is InChI=1S/C30H36N4OS/c1-21-6-5-9-23(12-21)20-36-29-33-32-27(34(29)11-10-22-7-3-2-4-8-22)19-31-28(35)30-16-24-13-25(17-30)15-26(14-24)18-30/h2-9,12,24-26H,10-11,13-20H2,1H3,(H,31,35). The van der Waals surface area contributed by atoms with Gasteiger partial charge in [-0.15, -0.1) is 10.2 Å². The van der Waals surface area contributed by atoms with Crippen molar-refractivity contribution in [3.63, 3.8) is 0 Å². The average molecular weight is 501 g/mol. The Labute approximate surface area is 218 Å². The second-order valence-corrected chi connectivity index (χ2v) is 12.4. The number of nitrogens with zero attached hydrogens (tertiary/aromatic N) is 3. The summed E-state index contributed by atoms with van der Waals surface area (Å²) in [6.07, 6.45) is 8.22. The molecule has 36 heavy (non-hydrogen) atoms. The second-order valence-electron chi connectivity index (χ2n) is 11.4. The molecule has 4 aliphatic carbocycles. The number of hydrogen-bond acceptors (Lipinski definition) is 4. The van der Waals surface area contributed by atoms with Gasteiger partial charge in [0.2, 0.25) is 5.91 Å². The van der Waals surface area contributed by atoms with E-state index >= 15 is 0 Å². The van der Waals surface area contributed by atoms with Gasteiger partial charge in [-0.3, -0.25) is 4.79 Å². The molecule has 4 aliphatic rings. The van der Waals surface area contributed by atoms with Crippen LogP contribution in [-0.4, -0.2) is 20.7 Å². The summed E-state index contributed by atoms with van der Waals surface area (Å²) in [4.78, 5) is 13.5. The number of aromatic nitrogens is 3. The van der Waals surface area contributed by atoms with E-state index in [0.29, 0.717) is 6.54 Å². The Morgan fingerprint density at radius 2 is 1.67 bits per heavy atom. The van der Waals surface area contributed by atoms with Crippen molar-refractivity contribution in [2.24, 2.45) is 23.2 Å². The van der Waals surface area contributed by atoms with E-state index in [1.165, 1.54) is 36.0 Å². The number of rotatable bonds is 9. The largest absolute Gasteiger partial charge is 0.348 e. The molecule has 0 atom stereocenters. The number of carbonyl (C=O) groups is 1. The van der Waals surface area contributed by atoms with Gasteiger partial charge in [0, 0.05) is 17.7 Å². The lowest BCUT2D eigenvalue weighted by Gasteiger charge is -2.55. The van der Waals surface area contributed by atoms with Crippen LogP contribution in [0.15, 0.2) is 59.8 Å². The number of hydrogen-bond donors (Lipinski definition) is 1. The Hall–Kier alpha value is -2.60. The predicted molar refractivity (Wildman–Crippen MR) is 143 cm³/mol. The normalized spacial score (nSPS) is 26.3. The zero-order valence-corrected chi connectivity index (χ0v) is 22.0. The Morgan fingerprint density at radius 1 is 0.972 bits per heavy atom. The molecular formula is C30H36N4OS. The highest BCUT2D eigenvalue weighted by molar-refractivity contribution is 7.98. The minimum Gasteiger partial charge on any atom is -0.348 e. The lowest BCUT2D eigenvalue weighted by Crippen LogP contribution is -2.53. The maximum Gasteiger partial charge on any atom is 0.226 e. The van der Waals surface area contributed by atoms with E-state index in [9.17, 15) is 4.79 Å². The molecule has 3 aromatic rings. The molecule has 2 aromatic carbocycles. The smallest absolute Gasteiger partial charge is 0.226 e. The van der Waals surface area contributed by atoms with E-state index in [1.807, 2.05) is 0 Å². The van der Waals surface area contributed by atoms with E-state index in [-0.39, 0.29) is 11.3 Å². The maximum atomic E-state index is 13.5. The van der Waals surface area contributed by atoms with Gasteiger partial charge < -0.3 is 9.88 Å². The van der Waals surface area contributed by atoms with Crippen LogP contribution in [0.2, 0.25) is 0 Å². The first-order chi connectivity index (χ1) is 17.6. The van der Waals surface area contributed by atoms with Crippen molar-refractivity contribution in [2.45, 2.75) is 75.9 Å². The van der Waals surface area contributed by atoms with Crippen molar-refractivity contribution in [3.05, 3.63) is 77.1 Å². The summed E-state index contributed by atoms with van der Waals surface area (Å²) in [7, 11) is 0. The Kier molecular flexibility index (Phi) is 6.63. The van der Waals surface area contributed by atoms with Gasteiger partial charge in [-0.25, -0.2) is 0 Å². The third-order valence-electron chi connectivity index (χ3n) is 8.64. The Balaban J connectivity index is 1.16. The summed E-state index contributed by atoms with van der Waals surface area (Å²) in [6.45, 7) is 3.38.